The fraction of sp³-hybridized carbons (Fsp3) is 0.231. The number of amides is 1. The van der Waals surface area contributed by atoms with Crippen molar-refractivity contribution in [2.45, 2.75) is 9.97 Å². The molecule has 0 radical (unpaired) electrons. The van der Waals surface area contributed by atoms with Crippen molar-refractivity contribution in [2.24, 2.45) is 0 Å². The van der Waals surface area contributed by atoms with Crippen LogP contribution >= 0.6 is 34.8 Å². The van der Waals surface area contributed by atoms with E-state index in [0.717, 1.165) is 12.1 Å². The second-order valence-corrected chi connectivity index (χ2v) is 7.15. The molecule has 1 amide bonds. The van der Waals surface area contributed by atoms with Crippen LogP contribution in [0.1, 0.15) is 5.56 Å². The van der Waals surface area contributed by atoms with Crippen LogP contribution in [-0.2, 0) is 6.18 Å². The van der Waals surface area contributed by atoms with E-state index in [9.17, 15) is 23.1 Å². The van der Waals surface area contributed by atoms with Crippen molar-refractivity contribution in [1.82, 2.24) is 9.78 Å². The van der Waals surface area contributed by atoms with Crippen molar-refractivity contribution in [3.63, 3.8) is 0 Å². The summed E-state index contributed by atoms with van der Waals surface area (Å²) in [5.74, 6) is 0. The Kier molecular flexibility index (Phi) is 5.22. The monoisotopic (exact) mass is 401 g/mol. The standard InChI is InChI=1S/C13H9Cl3F3N3O2/c14-12(15,16)7-21(11(23)24)10-6-8(13(17,18)19)2-3-9(10)22-5-1-4-20-22/h1-6H,7H2,(H,23,24). The number of hydrogen-bond acceptors (Lipinski definition) is 2. The summed E-state index contributed by atoms with van der Waals surface area (Å²) in [6.07, 6.45) is -3.40. The van der Waals surface area contributed by atoms with Crippen LogP contribution in [0.2, 0.25) is 0 Å². The van der Waals surface area contributed by atoms with Crippen molar-refractivity contribution in [1.29, 1.82) is 0 Å². The highest BCUT2D eigenvalue weighted by molar-refractivity contribution is 6.68. The van der Waals surface area contributed by atoms with Gasteiger partial charge in [-0.2, -0.15) is 18.3 Å². The van der Waals surface area contributed by atoms with E-state index in [1.807, 2.05) is 0 Å². The Bertz CT molecular complexity index is 730. The third-order valence-corrected chi connectivity index (χ3v) is 3.27. The first kappa shape index (κ1) is 18.7. The van der Waals surface area contributed by atoms with Gasteiger partial charge in [0.05, 0.1) is 23.5 Å². The molecule has 1 aromatic heterocycles. The Morgan fingerprint density at radius 1 is 1.29 bits per heavy atom. The third-order valence-electron chi connectivity index (χ3n) is 2.91. The summed E-state index contributed by atoms with van der Waals surface area (Å²) in [6, 6.07) is 4.11. The van der Waals surface area contributed by atoms with Crippen molar-refractivity contribution in [3.8, 4) is 5.69 Å². The molecule has 1 aromatic carbocycles. The number of carbonyl (C=O) groups is 1. The van der Waals surface area contributed by atoms with Gasteiger partial charge in [-0.15, -0.1) is 0 Å². The van der Waals surface area contributed by atoms with Gasteiger partial charge in [-0.25, -0.2) is 9.48 Å². The van der Waals surface area contributed by atoms with Gasteiger partial charge >= 0.3 is 12.3 Å². The van der Waals surface area contributed by atoms with Gasteiger partial charge in [0.15, 0.2) is 0 Å². The predicted octanol–water partition coefficient (Wildman–Crippen LogP) is 4.75. The summed E-state index contributed by atoms with van der Waals surface area (Å²) in [5, 5.41) is 13.2. The lowest BCUT2D eigenvalue weighted by Gasteiger charge is -2.26. The van der Waals surface area contributed by atoms with E-state index in [1.54, 1.807) is 0 Å². The summed E-state index contributed by atoms with van der Waals surface area (Å²) >= 11 is 16.8. The molecule has 1 heterocycles. The Hall–Kier alpha value is -1.64. The smallest absolute Gasteiger partial charge is 0.416 e. The minimum atomic E-state index is -4.67. The fourth-order valence-electron chi connectivity index (χ4n) is 1.96. The zero-order valence-electron chi connectivity index (χ0n) is 11.6. The normalized spacial score (nSPS) is 12.2. The van der Waals surface area contributed by atoms with E-state index in [2.05, 4.69) is 5.10 Å². The SMILES string of the molecule is O=C(O)N(CC(Cl)(Cl)Cl)c1cc(C(F)(F)F)ccc1-n1cccn1. The van der Waals surface area contributed by atoms with Crippen LogP contribution in [0, 0.1) is 0 Å². The number of aromatic nitrogens is 2. The summed E-state index contributed by atoms with van der Waals surface area (Å²) in [6.45, 7) is -0.664. The van der Waals surface area contributed by atoms with Gasteiger partial charge < -0.3 is 5.11 Å². The van der Waals surface area contributed by atoms with Crippen LogP contribution in [0.3, 0.4) is 0 Å². The summed E-state index contributed by atoms with van der Waals surface area (Å²) in [7, 11) is 0. The average molecular weight is 403 g/mol. The van der Waals surface area contributed by atoms with Crippen LogP contribution < -0.4 is 4.90 Å². The second kappa shape index (κ2) is 6.70. The van der Waals surface area contributed by atoms with Crippen molar-refractivity contribution in [3.05, 3.63) is 42.2 Å². The van der Waals surface area contributed by atoms with E-state index in [0.29, 0.717) is 11.0 Å². The van der Waals surface area contributed by atoms with Gasteiger partial charge in [0, 0.05) is 12.4 Å². The minimum absolute atomic E-state index is 0.0876. The van der Waals surface area contributed by atoms with Crippen LogP contribution in [0.15, 0.2) is 36.7 Å². The molecule has 2 aromatic rings. The lowest BCUT2D eigenvalue weighted by molar-refractivity contribution is -0.137. The predicted molar refractivity (Wildman–Crippen MR) is 84.2 cm³/mol. The number of rotatable bonds is 3. The molecule has 0 aliphatic rings. The number of halogens is 6. The molecule has 2 rings (SSSR count). The highest BCUT2D eigenvalue weighted by Gasteiger charge is 2.34. The molecule has 11 heteroatoms. The number of nitrogens with zero attached hydrogens (tertiary/aromatic N) is 3. The maximum absolute atomic E-state index is 13.0. The maximum Gasteiger partial charge on any atom is 0.416 e. The van der Waals surface area contributed by atoms with E-state index >= 15 is 0 Å². The van der Waals surface area contributed by atoms with Crippen LogP contribution in [0.25, 0.3) is 5.69 Å². The molecule has 24 heavy (non-hydrogen) atoms. The lowest BCUT2D eigenvalue weighted by atomic mass is 10.1. The second-order valence-electron chi connectivity index (χ2n) is 4.64. The van der Waals surface area contributed by atoms with Gasteiger partial charge in [-0.05, 0) is 24.3 Å². The molecule has 0 spiro atoms. The molecule has 5 nitrogen and oxygen atoms in total. The quantitative estimate of drug-likeness (QED) is 0.754. The van der Waals surface area contributed by atoms with Gasteiger partial charge in [0.2, 0.25) is 3.79 Å². The summed E-state index contributed by atoms with van der Waals surface area (Å²) in [5.41, 5.74) is -1.26. The molecule has 0 fully saturated rings. The molecular weight excluding hydrogens is 394 g/mol. The summed E-state index contributed by atoms with van der Waals surface area (Å²) < 4.78 is 38.1. The fourth-order valence-corrected chi connectivity index (χ4v) is 2.31. The van der Waals surface area contributed by atoms with Gasteiger partial charge in [-0.1, -0.05) is 34.8 Å². The largest absolute Gasteiger partial charge is 0.465 e. The molecule has 0 atom stereocenters. The number of alkyl halides is 6. The van der Waals surface area contributed by atoms with E-state index < -0.39 is 28.2 Å². The van der Waals surface area contributed by atoms with Gasteiger partial charge in [0.25, 0.3) is 0 Å². The van der Waals surface area contributed by atoms with Crippen molar-refractivity contribution >= 4 is 46.6 Å². The molecule has 1 N–H and O–H groups in total. The van der Waals surface area contributed by atoms with E-state index in [1.165, 1.54) is 23.1 Å². The molecule has 0 aliphatic carbocycles. The third kappa shape index (κ3) is 4.46. The number of anilines is 1. The first-order valence-electron chi connectivity index (χ1n) is 6.27. The molecular formula is C13H9Cl3F3N3O2. The zero-order chi connectivity index (χ0) is 18.1. The molecule has 0 unspecified atom stereocenters. The number of benzene rings is 1. The first-order chi connectivity index (χ1) is 11.0. The Morgan fingerprint density at radius 2 is 1.96 bits per heavy atom. The Labute approximate surface area is 149 Å². The highest BCUT2D eigenvalue weighted by atomic mass is 35.6. The topological polar surface area (TPSA) is 58.4 Å². The Balaban J connectivity index is 2.64. The summed E-state index contributed by atoms with van der Waals surface area (Å²) in [4.78, 5) is 12.0. The highest BCUT2D eigenvalue weighted by Crippen LogP contribution is 2.37. The average Bonchev–Trinajstić information content (AvgIpc) is 2.96. The number of carboxylic acid groups (broad SMARTS) is 1. The molecule has 0 bridgehead atoms. The molecule has 130 valence electrons. The molecule has 0 aliphatic heterocycles. The van der Waals surface area contributed by atoms with Crippen LogP contribution in [0.4, 0.5) is 23.7 Å². The Morgan fingerprint density at radius 3 is 2.42 bits per heavy atom. The van der Waals surface area contributed by atoms with E-state index in [-0.39, 0.29) is 11.4 Å². The van der Waals surface area contributed by atoms with Gasteiger partial charge in [0.1, 0.15) is 0 Å². The molecule has 0 saturated heterocycles. The first-order valence-corrected chi connectivity index (χ1v) is 7.41. The number of hydrogen-bond donors (Lipinski definition) is 1. The lowest BCUT2D eigenvalue weighted by Crippen LogP contribution is -2.37. The van der Waals surface area contributed by atoms with Crippen LogP contribution in [-0.4, -0.2) is 31.3 Å². The van der Waals surface area contributed by atoms with Crippen molar-refractivity contribution in [2.75, 3.05) is 11.4 Å². The van der Waals surface area contributed by atoms with Gasteiger partial charge in [-0.3, -0.25) is 4.90 Å². The van der Waals surface area contributed by atoms with E-state index in [4.69, 9.17) is 34.8 Å². The van der Waals surface area contributed by atoms with Crippen LogP contribution in [0.5, 0.6) is 0 Å². The van der Waals surface area contributed by atoms with Crippen molar-refractivity contribution < 1.29 is 23.1 Å². The minimum Gasteiger partial charge on any atom is -0.465 e. The molecule has 0 saturated carbocycles. The maximum atomic E-state index is 13.0. The zero-order valence-corrected chi connectivity index (χ0v) is 13.9.